The molecule has 0 bridgehead atoms. The van der Waals surface area contributed by atoms with Gasteiger partial charge in [-0.1, -0.05) is 5.21 Å². The quantitative estimate of drug-likeness (QED) is 0.756. The number of amides is 1. The summed E-state index contributed by atoms with van der Waals surface area (Å²) < 4.78 is 8.52. The first-order valence-corrected chi connectivity index (χ1v) is 9.44. The second-order valence-electron chi connectivity index (χ2n) is 7.19. The fourth-order valence-corrected chi connectivity index (χ4v) is 4.05. The fourth-order valence-electron chi connectivity index (χ4n) is 4.05. The van der Waals surface area contributed by atoms with Gasteiger partial charge in [-0.15, -0.1) is 5.10 Å². The van der Waals surface area contributed by atoms with Crippen molar-refractivity contribution in [2.24, 2.45) is 0 Å². The van der Waals surface area contributed by atoms with Crippen LogP contribution in [0.15, 0.2) is 6.20 Å². The van der Waals surface area contributed by atoms with Gasteiger partial charge in [-0.05, 0) is 39.0 Å². The molecule has 9 heteroatoms. The molecule has 144 valence electrons. The molecule has 0 spiro atoms. The minimum atomic E-state index is -0.509. The van der Waals surface area contributed by atoms with Crippen molar-refractivity contribution >= 4 is 11.9 Å². The molecule has 0 aliphatic carbocycles. The van der Waals surface area contributed by atoms with Crippen molar-refractivity contribution in [1.82, 2.24) is 29.4 Å². The van der Waals surface area contributed by atoms with Gasteiger partial charge in [0.25, 0.3) is 5.91 Å². The Morgan fingerprint density at radius 2 is 2.07 bits per heavy atom. The van der Waals surface area contributed by atoms with E-state index in [9.17, 15) is 9.59 Å². The molecule has 27 heavy (non-hydrogen) atoms. The summed E-state index contributed by atoms with van der Waals surface area (Å²) in [6.07, 6.45) is 6.49. The molecule has 1 atom stereocenters. The number of ether oxygens (including phenoxy) is 1. The second kappa shape index (κ2) is 7.13. The molecule has 0 N–H and O–H groups in total. The van der Waals surface area contributed by atoms with Crippen LogP contribution in [0.25, 0.3) is 0 Å². The number of hydrogen-bond acceptors (Lipinski definition) is 6. The normalized spacial score (nSPS) is 19.6. The Bertz CT molecular complexity index is 871. The van der Waals surface area contributed by atoms with Gasteiger partial charge in [0, 0.05) is 19.6 Å². The maximum absolute atomic E-state index is 13.2. The number of imidazole rings is 1. The van der Waals surface area contributed by atoms with Crippen molar-refractivity contribution in [1.29, 1.82) is 0 Å². The first-order valence-electron chi connectivity index (χ1n) is 9.44. The van der Waals surface area contributed by atoms with Gasteiger partial charge >= 0.3 is 5.97 Å². The van der Waals surface area contributed by atoms with E-state index in [2.05, 4.69) is 24.6 Å². The van der Waals surface area contributed by atoms with Crippen LogP contribution in [0.2, 0.25) is 0 Å². The van der Waals surface area contributed by atoms with E-state index in [-0.39, 0.29) is 17.6 Å². The molecular weight excluding hydrogens is 348 g/mol. The van der Waals surface area contributed by atoms with E-state index in [0.29, 0.717) is 18.8 Å². The molecule has 2 aliphatic heterocycles. The van der Waals surface area contributed by atoms with Crippen LogP contribution >= 0.6 is 0 Å². The van der Waals surface area contributed by atoms with Crippen molar-refractivity contribution in [3.8, 4) is 0 Å². The van der Waals surface area contributed by atoms with Gasteiger partial charge in [0.1, 0.15) is 11.5 Å². The monoisotopic (exact) mass is 372 g/mol. The van der Waals surface area contributed by atoms with Crippen LogP contribution in [0.4, 0.5) is 0 Å². The fraction of sp³-hybridized carbons (Fsp3) is 0.611. The lowest BCUT2D eigenvalue weighted by Crippen LogP contribution is -2.41. The molecule has 1 fully saturated rings. The number of aromatic nitrogens is 5. The smallest absolute Gasteiger partial charge is 0.360 e. The lowest BCUT2D eigenvalue weighted by molar-refractivity contribution is 0.0592. The van der Waals surface area contributed by atoms with E-state index in [4.69, 9.17) is 0 Å². The third-order valence-corrected chi connectivity index (χ3v) is 5.47. The Balaban J connectivity index is 1.52. The van der Waals surface area contributed by atoms with Crippen molar-refractivity contribution in [3.05, 3.63) is 29.1 Å². The lowest BCUT2D eigenvalue weighted by atomic mass is 10.0. The number of aryl methyl sites for hydroxylation is 1. The zero-order valence-corrected chi connectivity index (χ0v) is 15.7. The summed E-state index contributed by atoms with van der Waals surface area (Å²) in [5, 5.41) is 7.93. The molecule has 0 saturated carbocycles. The molecule has 4 heterocycles. The maximum atomic E-state index is 13.2. The highest BCUT2D eigenvalue weighted by atomic mass is 16.5. The van der Waals surface area contributed by atoms with Crippen molar-refractivity contribution in [2.45, 2.75) is 51.6 Å². The van der Waals surface area contributed by atoms with Crippen LogP contribution in [0.5, 0.6) is 0 Å². The van der Waals surface area contributed by atoms with Crippen molar-refractivity contribution < 1.29 is 14.3 Å². The average Bonchev–Trinajstić information content (AvgIpc) is 3.33. The maximum Gasteiger partial charge on any atom is 0.360 e. The molecule has 0 aromatic carbocycles. The predicted octanol–water partition coefficient (Wildman–Crippen LogP) is 1.38. The van der Waals surface area contributed by atoms with Crippen LogP contribution in [-0.4, -0.2) is 61.5 Å². The minimum absolute atomic E-state index is 0.00635. The largest absolute Gasteiger partial charge is 0.464 e. The van der Waals surface area contributed by atoms with Crippen LogP contribution < -0.4 is 0 Å². The number of fused-ring (bicyclic) bond motifs is 1. The molecule has 9 nitrogen and oxygen atoms in total. The lowest BCUT2D eigenvalue weighted by Gasteiger charge is -2.32. The van der Waals surface area contributed by atoms with Gasteiger partial charge in [0.15, 0.2) is 5.69 Å². The van der Waals surface area contributed by atoms with E-state index in [0.717, 1.165) is 50.2 Å². The summed E-state index contributed by atoms with van der Waals surface area (Å²) in [6.45, 7) is 4.15. The number of likely N-dealkylation sites (tertiary alicyclic amines) is 1. The van der Waals surface area contributed by atoms with Gasteiger partial charge in [-0.2, -0.15) is 0 Å². The topological polar surface area (TPSA) is 95.1 Å². The number of methoxy groups -OCH3 is 1. The van der Waals surface area contributed by atoms with Gasteiger partial charge in [0.2, 0.25) is 0 Å². The number of nitrogens with zero attached hydrogens (tertiary/aromatic N) is 6. The van der Waals surface area contributed by atoms with Crippen molar-refractivity contribution in [3.63, 3.8) is 0 Å². The molecule has 4 rings (SSSR count). The van der Waals surface area contributed by atoms with Gasteiger partial charge in [-0.25, -0.2) is 14.5 Å². The summed E-state index contributed by atoms with van der Waals surface area (Å²) in [6, 6.07) is -0.00635. The minimum Gasteiger partial charge on any atom is -0.464 e. The van der Waals surface area contributed by atoms with Crippen LogP contribution in [0, 0.1) is 6.92 Å². The van der Waals surface area contributed by atoms with Gasteiger partial charge < -0.3 is 14.2 Å². The standard InChI is InChI=1S/C18H24N6O3/c1-12-19-16(15-7-3-4-9-23(12)15)17(25)22-8-5-6-13(10-22)24-11-14(20-21-24)18(26)27-2/h11,13H,3-10H2,1-2H3/t13-/m1/s1. The Labute approximate surface area is 157 Å². The van der Waals surface area contributed by atoms with E-state index in [1.54, 1.807) is 10.9 Å². The van der Waals surface area contributed by atoms with Gasteiger partial charge in [0.05, 0.1) is 25.0 Å². The Kier molecular flexibility index (Phi) is 4.67. The van der Waals surface area contributed by atoms with Crippen LogP contribution in [-0.2, 0) is 17.7 Å². The third kappa shape index (κ3) is 3.22. The number of rotatable bonds is 3. The third-order valence-electron chi connectivity index (χ3n) is 5.47. The molecule has 0 unspecified atom stereocenters. The van der Waals surface area contributed by atoms with E-state index < -0.39 is 5.97 Å². The molecule has 2 aromatic rings. The molecule has 1 amide bonds. The summed E-state index contributed by atoms with van der Waals surface area (Å²) in [5.74, 6) is 0.400. The van der Waals surface area contributed by atoms with E-state index >= 15 is 0 Å². The summed E-state index contributed by atoms with van der Waals surface area (Å²) in [4.78, 5) is 31.2. The molecule has 1 saturated heterocycles. The van der Waals surface area contributed by atoms with Crippen LogP contribution in [0.1, 0.15) is 64.2 Å². The number of carbonyl (C=O) groups is 2. The summed E-state index contributed by atoms with van der Waals surface area (Å²) in [7, 11) is 1.32. The highest BCUT2D eigenvalue weighted by Crippen LogP contribution is 2.26. The number of piperidine rings is 1. The van der Waals surface area contributed by atoms with E-state index in [1.807, 2.05) is 11.8 Å². The first-order chi connectivity index (χ1) is 13.1. The van der Waals surface area contributed by atoms with E-state index in [1.165, 1.54) is 7.11 Å². The Hall–Kier alpha value is -2.71. The van der Waals surface area contributed by atoms with Crippen molar-refractivity contribution in [2.75, 3.05) is 20.2 Å². The summed E-state index contributed by atoms with van der Waals surface area (Å²) >= 11 is 0. The Morgan fingerprint density at radius 1 is 1.22 bits per heavy atom. The van der Waals surface area contributed by atoms with Gasteiger partial charge in [-0.3, -0.25) is 4.79 Å². The average molecular weight is 372 g/mol. The SMILES string of the molecule is COC(=O)c1cn([C@@H]2CCCN(C(=O)c3nc(C)n4c3CCCC4)C2)nn1. The van der Waals surface area contributed by atoms with Crippen LogP contribution in [0.3, 0.4) is 0 Å². The first kappa shape index (κ1) is 17.7. The highest BCUT2D eigenvalue weighted by molar-refractivity contribution is 5.93. The number of hydrogen-bond donors (Lipinski definition) is 0. The number of carbonyl (C=O) groups excluding carboxylic acids is 2. The molecule has 2 aliphatic rings. The molecule has 0 radical (unpaired) electrons. The second-order valence-corrected chi connectivity index (χ2v) is 7.19. The zero-order valence-electron chi connectivity index (χ0n) is 15.7. The highest BCUT2D eigenvalue weighted by Gasteiger charge is 2.31. The number of esters is 1. The summed E-state index contributed by atoms with van der Waals surface area (Å²) in [5.41, 5.74) is 1.85. The predicted molar refractivity (Wildman–Crippen MR) is 95.4 cm³/mol. The molecule has 2 aromatic heterocycles. The molecular formula is C18H24N6O3. The Morgan fingerprint density at radius 3 is 2.89 bits per heavy atom. The zero-order chi connectivity index (χ0) is 19.0.